The molecule has 75 heavy (non-hydrogen) atoms. The molecule has 2 atom stereocenters. The number of nitrogens with one attached hydrogen (secondary N) is 1. The van der Waals surface area contributed by atoms with Crippen molar-refractivity contribution in [3.8, 4) is 0 Å². The Morgan fingerprint density at radius 3 is 0.947 bits per heavy atom. The summed E-state index contributed by atoms with van der Waals surface area (Å²) in [6.07, 6.45) is 82.0. The fourth-order valence-electron chi connectivity index (χ4n) is 10.4. The SMILES string of the molecule is CCCCCCCC/C=C\CCCCCCCCCC(=O)OCCCCCCCCC/C=C\CCCCCCCC(=O)NC(CO)C(O)/C=C/CCCCCCCCCCCCCCCCCCCCCCCCC. The second-order valence-electron chi connectivity index (χ2n) is 23.1. The number of ether oxygens (including phenoxy) is 1. The van der Waals surface area contributed by atoms with Crippen molar-refractivity contribution in [2.75, 3.05) is 13.2 Å². The van der Waals surface area contributed by atoms with Crippen LogP contribution in [0.2, 0.25) is 0 Å². The highest BCUT2D eigenvalue weighted by Crippen LogP contribution is 2.18. The van der Waals surface area contributed by atoms with Gasteiger partial charge in [0.2, 0.25) is 5.91 Å². The summed E-state index contributed by atoms with van der Waals surface area (Å²) in [6, 6.07) is -0.642. The Morgan fingerprint density at radius 2 is 0.627 bits per heavy atom. The lowest BCUT2D eigenvalue weighted by atomic mass is 10.0. The van der Waals surface area contributed by atoms with Crippen molar-refractivity contribution in [3.05, 3.63) is 36.5 Å². The van der Waals surface area contributed by atoms with Crippen LogP contribution in [0.5, 0.6) is 0 Å². The molecule has 0 saturated heterocycles. The second kappa shape index (κ2) is 64.6. The molecule has 1 amide bonds. The maximum Gasteiger partial charge on any atom is 0.305 e. The Bertz CT molecular complexity index is 1210. The maximum absolute atomic E-state index is 12.5. The lowest BCUT2D eigenvalue weighted by Crippen LogP contribution is -2.45. The molecular formula is C69H131NO5. The minimum Gasteiger partial charge on any atom is -0.466 e. The first-order valence-corrected chi connectivity index (χ1v) is 33.8. The van der Waals surface area contributed by atoms with Crippen LogP contribution in [0.15, 0.2) is 36.5 Å². The highest BCUT2D eigenvalue weighted by atomic mass is 16.5. The van der Waals surface area contributed by atoms with Gasteiger partial charge in [-0.05, 0) is 83.5 Å². The Morgan fingerprint density at radius 1 is 0.360 bits per heavy atom. The molecule has 6 nitrogen and oxygen atoms in total. The Labute approximate surface area is 468 Å². The first-order valence-electron chi connectivity index (χ1n) is 33.8. The van der Waals surface area contributed by atoms with E-state index >= 15 is 0 Å². The number of aliphatic hydroxyl groups is 2. The third kappa shape index (κ3) is 61.2. The number of amides is 1. The van der Waals surface area contributed by atoms with Crippen molar-refractivity contribution in [1.82, 2.24) is 5.32 Å². The lowest BCUT2D eigenvalue weighted by molar-refractivity contribution is -0.143. The minimum atomic E-state index is -0.857. The average Bonchev–Trinajstić information content (AvgIpc) is 3.41. The smallest absolute Gasteiger partial charge is 0.305 e. The van der Waals surface area contributed by atoms with Crippen LogP contribution in [0.3, 0.4) is 0 Å². The summed E-state index contributed by atoms with van der Waals surface area (Å²) in [7, 11) is 0. The molecule has 0 saturated carbocycles. The van der Waals surface area contributed by atoms with Crippen LogP contribution < -0.4 is 5.32 Å². The zero-order valence-electron chi connectivity index (χ0n) is 50.5. The number of aliphatic hydroxyl groups excluding tert-OH is 2. The van der Waals surface area contributed by atoms with Crippen molar-refractivity contribution < 1.29 is 24.5 Å². The molecule has 0 aromatic carbocycles. The van der Waals surface area contributed by atoms with E-state index in [-0.39, 0.29) is 18.5 Å². The lowest BCUT2D eigenvalue weighted by Gasteiger charge is -2.20. The first-order chi connectivity index (χ1) is 37.0. The zero-order valence-corrected chi connectivity index (χ0v) is 50.5. The van der Waals surface area contributed by atoms with Crippen molar-refractivity contribution in [2.24, 2.45) is 0 Å². The largest absolute Gasteiger partial charge is 0.466 e. The molecule has 0 fully saturated rings. The van der Waals surface area contributed by atoms with Crippen LogP contribution in [-0.4, -0.2) is 47.4 Å². The van der Waals surface area contributed by atoms with E-state index in [0.29, 0.717) is 19.4 Å². The van der Waals surface area contributed by atoms with Gasteiger partial charge in [-0.15, -0.1) is 0 Å². The Hall–Kier alpha value is -1.92. The topological polar surface area (TPSA) is 95.9 Å². The molecule has 0 bridgehead atoms. The van der Waals surface area contributed by atoms with E-state index in [1.165, 1.54) is 276 Å². The van der Waals surface area contributed by atoms with E-state index in [9.17, 15) is 19.8 Å². The number of hydrogen-bond donors (Lipinski definition) is 3. The van der Waals surface area contributed by atoms with Gasteiger partial charge in [0.05, 0.1) is 25.4 Å². The molecule has 2 unspecified atom stereocenters. The fourth-order valence-corrected chi connectivity index (χ4v) is 10.4. The summed E-state index contributed by atoms with van der Waals surface area (Å²) in [5, 5.41) is 23.2. The predicted octanol–water partition coefficient (Wildman–Crippen LogP) is 21.5. The molecule has 6 heteroatoms. The van der Waals surface area contributed by atoms with Gasteiger partial charge in [0.1, 0.15) is 0 Å². The fraction of sp³-hybridized carbons (Fsp3) is 0.884. The third-order valence-electron chi connectivity index (χ3n) is 15.6. The summed E-state index contributed by atoms with van der Waals surface area (Å²) in [6.45, 7) is 4.90. The molecule has 0 aliphatic heterocycles. The van der Waals surface area contributed by atoms with Crippen molar-refractivity contribution in [1.29, 1.82) is 0 Å². The maximum atomic E-state index is 12.5. The molecule has 442 valence electrons. The van der Waals surface area contributed by atoms with Crippen LogP contribution in [0.25, 0.3) is 0 Å². The standard InChI is InChI=1S/C69H131NO5/c1-3-5-7-9-11-13-15-17-19-21-22-23-24-25-26-27-28-30-33-37-41-45-49-53-57-61-67(72)66(65-71)70-68(73)62-58-54-50-46-42-38-34-31-32-36-40-44-48-52-56-60-64-75-69(74)63-59-55-51-47-43-39-35-29-20-18-16-14-12-10-8-6-4-2/h18,20,31,34,57,61,66-67,71-72H,3-17,19,21-30,32-33,35-56,58-60,62-65H2,1-2H3,(H,70,73)/b20-18-,34-31-,61-57+. The van der Waals surface area contributed by atoms with Crippen molar-refractivity contribution in [2.45, 2.75) is 379 Å². The Balaban J connectivity index is 3.48. The van der Waals surface area contributed by atoms with E-state index in [2.05, 4.69) is 43.5 Å². The van der Waals surface area contributed by atoms with E-state index < -0.39 is 12.1 Å². The quantitative estimate of drug-likeness (QED) is 0.0320. The van der Waals surface area contributed by atoms with Gasteiger partial charge in [-0.3, -0.25) is 9.59 Å². The molecule has 0 aromatic rings. The normalized spacial score (nSPS) is 12.7. The molecular weight excluding hydrogens is 923 g/mol. The molecule has 0 aliphatic rings. The number of hydrogen-bond acceptors (Lipinski definition) is 5. The predicted molar refractivity (Wildman–Crippen MR) is 329 cm³/mol. The molecule has 0 rings (SSSR count). The first kappa shape index (κ1) is 73.1. The molecule has 0 radical (unpaired) electrons. The summed E-state index contributed by atoms with van der Waals surface area (Å²) in [5.74, 6) is -0.0882. The van der Waals surface area contributed by atoms with Gasteiger partial charge in [0.25, 0.3) is 0 Å². The average molecular weight is 1050 g/mol. The van der Waals surface area contributed by atoms with E-state index in [1.807, 2.05) is 6.08 Å². The van der Waals surface area contributed by atoms with Gasteiger partial charge in [-0.25, -0.2) is 0 Å². The molecule has 0 aromatic heterocycles. The monoisotopic (exact) mass is 1050 g/mol. The van der Waals surface area contributed by atoms with Crippen molar-refractivity contribution >= 4 is 11.9 Å². The second-order valence-corrected chi connectivity index (χ2v) is 23.1. The molecule has 0 heterocycles. The van der Waals surface area contributed by atoms with E-state index in [0.717, 1.165) is 64.2 Å². The van der Waals surface area contributed by atoms with Crippen LogP contribution >= 0.6 is 0 Å². The van der Waals surface area contributed by atoms with E-state index in [1.54, 1.807) is 6.08 Å². The number of allylic oxidation sites excluding steroid dienone is 5. The summed E-state index contributed by atoms with van der Waals surface area (Å²) in [4.78, 5) is 24.6. The number of carbonyl (C=O) groups excluding carboxylic acids is 2. The summed E-state index contributed by atoms with van der Waals surface area (Å²) >= 11 is 0. The summed E-state index contributed by atoms with van der Waals surface area (Å²) < 4.78 is 5.48. The highest BCUT2D eigenvalue weighted by Gasteiger charge is 2.18. The van der Waals surface area contributed by atoms with Gasteiger partial charge < -0.3 is 20.3 Å². The van der Waals surface area contributed by atoms with Gasteiger partial charge in [0.15, 0.2) is 0 Å². The van der Waals surface area contributed by atoms with Gasteiger partial charge in [-0.2, -0.15) is 0 Å². The molecule has 0 spiro atoms. The molecule has 3 N–H and O–H groups in total. The Kier molecular flexibility index (Phi) is 63.0. The number of unbranched alkanes of at least 4 members (excludes halogenated alkanes) is 48. The van der Waals surface area contributed by atoms with E-state index in [4.69, 9.17) is 4.74 Å². The van der Waals surface area contributed by atoms with Gasteiger partial charge in [0, 0.05) is 12.8 Å². The van der Waals surface area contributed by atoms with Gasteiger partial charge in [-0.1, -0.05) is 307 Å². The highest BCUT2D eigenvalue weighted by molar-refractivity contribution is 5.76. The van der Waals surface area contributed by atoms with Crippen molar-refractivity contribution in [3.63, 3.8) is 0 Å². The summed E-state index contributed by atoms with van der Waals surface area (Å²) in [5.41, 5.74) is 0. The van der Waals surface area contributed by atoms with Crippen LogP contribution in [0, 0.1) is 0 Å². The van der Waals surface area contributed by atoms with Gasteiger partial charge >= 0.3 is 5.97 Å². The van der Waals surface area contributed by atoms with Crippen LogP contribution in [-0.2, 0) is 14.3 Å². The molecule has 0 aliphatic carbocycles. The third-order valence-corrected chi connectivity index (χ3v) is 15.6. The minimum absolute atomic E-state index is 0.00651. The van der Waals surface area contributed by atoms with Crippen LogP contribution in [0.4, 0.5) is 0 Å². The number of rotatable bonds is 63. The van der Waals surface area contributed by atoms with Crippen LogP contribution in [0.1, 0.15) is 367 Å². The number of esters is 1. The zero-order chi connectivity index (χ0) is 54.3. The number of carbonyl (C=O) groups is 2.